The molecule has 0 amide bonds. The summed E-state index contributed by atoms with van der Waals surface area (Å²) in [6, 6.07) is 10.8. The Balaban J connectivity index is 2.13. The van der Waals surface area contributed by atoms with E-state index in [0.717, 1.165) is 5.56 Å². The summed E-state index contributed by atoms with van der Waals surface area (Å²) in [5, 5.41) is 0. The molecule has 0 aliphatic heterocycles. The number of Topliss-reactive ketones (excluding diaryl/α,β-unsaturated/α-hetero) is 1. The lowest BCUT2D eigenvalue weighted by molar-refractivity contribution is 0.101. The van der Waals surface area contributed by atoms with Crippen LogP contribution >= 0.6 is 0 Å². The topological polar surface area (TPSA) is 74.7 Å². The summed E-state index contributed by atoms with van der Waals surface area (Å²) in [6.45, 7) is 3.26. The molecule has 6 heteroatoms. The molecule has 0 N–H and O–H groups in total. The Labute approximate surface area is 174 Å². The van der Waals surface area contributed by atoms with Gasteiger partial charge in [0.1, 0.15) is 0 Å². The molecule has 2 aromatic carbocycles. The van der Waals surface area contributed by atoms with Crippen molar-refractivity contribution in [1.82, 2.24) is 4.98 Å². The first-order valence-corrected chi connectivity index (χ1v) is 9.42. The lowest BCUT2D eigenvalue weighted by atomic mass is 9.90. The highest BCUT2D eigenvalue weighted by Crippen LogP contribution is 2.47. The molecule has 1 aromatic heterocycles. The van der Waals surface area contributed by atoms with Crippen LogP contribution in [0, 0.1) is 6.92 Å². The predicted octanol–water partition coefficient (Wildman–Crippen LogP) is 4.50. The fourth-order valence-corrected chi connectivity index (χ4v) is 4.09. The molecule has 0 bridgehead atoms. The summed E-state index contributed by atoms with van der Waals surface area (Å²) in [5.74, 6) is 0.986. The van der Waals surface area contributed by atoms with Gasteiger partial charge in [0.25, 0.3) is 0 Å². The van der Waals surface area contributed by atoms with E-state index in [1.807, 2.05) is 18.2 Å². The second-order valence-electron chi connectivity index (χ2n) is 7.02. The zero-order valence-corrected chi connectivity index (χ0v) is 17.5. The summed E-state index contributed by atoms with van der Waals surface area (Å²) >= 11 is 0. The standard InChI is InChI=1S/C24H21NO5/c1-12-19(13(2)26)20(14-10-17(28-3)24(30-5)18(11-14)29-4)21-22(25-12)15-8-6-7-9-16(15)23(21)27/h6-11H,1-5H3. The van der Waals surface area contributed by atoms with Gasteiger partial charge in [-0.3, -0.25) is 14.6 Å². The second-order valence-corrected chi connectivity index (χ2v) is 7.02. The number of pyridine rings is 1. The van der Waals surface area contributed by atoms with Crippen LogP contribution in [-0.2, 0) is 0 Å². The molecule has 0 unspecified atom stereocenters. The summed E-state index contributed by atoms with van der Waals surface area (Å²) in [4.78, 5) is 30.6. The van der Waals surface area contributed by atoms with Crippen LogP contribution in [0.4, 0.5) is 0 Å². The van der Waals surface area contributed by atoms with Crippen molar-refractivity contribution in [3.63, 3.8) is 0 Å². The van der Waals surface area contributed by atoms with E-state index < -0.39 is 0 Å². The van der Waals surface area contributed by atoms with E-state index >= 15 is 0 Å². The van der Waals surface area contributed by atoms with Crippen LogP contribution in [-0.4, -0.2) is 37.9 Å². The van der Waals surface area contributed by atoms with Gasteiger partial charge in [0, 0.05) is 27.9 Å². The molecule has 30 heavy (non-hydrogen) atoms. The van der Waals surface area contributed by atoms with Crippen molar-refractivity contribution in [2.75, 3.05) is 21.3 Å². The Morgan fingerprint density at radius 2 is 1.50 bits per heavy atom. The van der Waals surface area contributed by atoms with Gasteiger partial charge in [-0.2, -0.15) is 0 Å². The number of fused-ring (bicyclic) bond motifs is 3. The minimum Gasteiger partial charge on any atom is -0.493 e. The summed E-state index contributed by atoms with van der Waals surface area (Å²) in [6.07, 6.45) is 0. The number of aromatic nitrogens is 1. The predicted molar refractivity (Wildman–Crippen MR) is 113 cm³/mol. The third-order valence-electron chi connectivity index (χ3n) is 5.34. The molecule has 0 saturated heterocycles. The average Bonchev–Trinajstić information content (AvgIpc) is 3.03. The number of ether oxygens (including phenoxy) is 3. The minimum atomic E-state index is -0.171. The fourth-order valence-electron chi connectivity index (χ4n) is 4.09. The van der Waals surface area contributed by atoms with Gasteiger partial charge >= 0.3 is 0 Å². The van der Waals surface area contributed by atoms with Crippen LogP contribution in [0.5, 0.6) is 17.2 Å². The van der Waals surface area contributed by atoms with Gasteiger partial charge in [-0.25, -0.2) is 0 Å². The first-order valence-electron chi connectivity index (χ1n) is 9.42. The third-order valence-corrected chi connectivity index (χ3v) is 5.34. The molecule has 0 fully saturated rings. The molecule has 0 radical (unpaired) electrons. The summed E-state index contributed by atoms with van der Waals surface area (Å²) in [7, 11) is 4.57. The molecule has 1 aliphatic carbocycles. The molecule has 3 aromatic rings. The van der Waals surface area contributed by atoms with Gasteiger partial charge in [-0.15, -0.1) is 0 Å². The van der Waals surface area contributed by atoms with Crippen molar-refractivity contribution in [1.29, 1.82) is 0 Å². The highest BCUT2D eigenvalue weighted by atomic mass is 16.5. The minimum absolute atomic E-state index is 0.153. The Kier molecular flexibility index (Phi) is 4.78. The van der Waals surface area contributed by atoms with Crippen molar-refractivity contribution in [3.8, 4) is 39.6 Å². The Hall–Kier alpha value is -3.67. The number of carbonyl (C=O) groups is 2. The number of nitrogens with zero attached hydrogens (tertiary/aromatic N) is 1. The van der Waals surface area contributed by atoms with Crippen molar-refractivity contribution >= 4 is 11.6 Å². The second kappa shape index (κ2) is 7.30. The molecule has 0 saturated carbocycles. The van der Waals surface area contributed by atoms with Gasteiger partial charge in [-0.05, 0) is 31.5 Å². The SMILES string of the molecule is COc1cc(-c2c(C(C)=O)c(C)nc3c2C(=O)c2ccccc2-3)cc(OC)c1OC. The van der Waals surface area contributed by atoms with E-state index in [1.165, 1.54) is 28.3 Å². The Morgan fingerprint density at radius 3 is 2.03 bits per heavy atom. The molecule has 152 valence electrons. The van der Waals surface area contributed by atoms with Crippen molar-refractivity contribution in [2.24, 2.45) is 0 Å². The highest BCUT2D eigenvalue weighted by Gasteiger charge is 2.34. The monoisotopic (exact) mass is 403 g/mol. The number of carbonyl (C=O) groups excluding carboxylic acids is 2. The maximum atomic E-state index is 13.4. The maximum Gasteiger partial charge on any atom is 0.203 e. The van der Waals surface area contributed by atoms with E-state index in [-0.39, 0.29) is 11.6 Å². The van der Waals surface area contributed by atoms with Crippen LogP contribution < -0.4 is 14.2 Å². The highest BCUT2D eigenvalue weighted by molar-refractivity contribution is 6.25. The first-order chi connectivity index (χ1) is 14.4. The molecule has 1 heterocycles. The van der Waals surface area contributed by atoms with Crippen molar-refractivity contribution < 1.29 is 23.8 Å². The molecular weight excluding hydrogens is 382 g/mol. The quantitative estimate of drug-likeness (QED) is 0.457. The smallest absolute Gasteiger partial charge is 0.203 e. The largest absolute Gasteiger partial charge is 0.493 e. The molecular formula is C24H21NO5. The van der Waals surface area contributed by atoms with E-state index in [4.69, 9.17) is 14.2 Å². The van der Waals surface area contributed by atoms with Crippen LogP contribution in [0.2, 0.25) is 0 Å². The van der Waals surface area contributed by atoms with E-state index in [1.54, 1.807) is 25.1 Å². The molecule has 1 aliphatic rings. The summed E-state index contributed by atoms with van der Waals surface area (Å²) < 4.78 is 16.4. The third kappa shape index (κ3) is 2.76. The van der Waals surface area contributed by atoms with Crippen LogP contribution in [0.3, 0.4) is 0 Å². The van der Waals surface area contributed by atoms with Gasteiger partial charge in [-0.1, -0.05) is 24.3 Å². The van der Waals surface area contributed by atoms with Gasteiger partial charge in [0.2, 0.25) is 5.75 Å². The van der Waals surface area contributed by atoms with E-state index in [0.29, 0.717) is 56.5 Å². The molecule has 4 rings (SSSR count). The Morgan fingerprint density at radius 1 is 0.900 bits per heavy atom. The fraction of sp³-hybridized carbons (Fsp3) is 0.208. The van der Waals surface area contributed by atoms with Gasteiger partial charge < -0.3 is 14.2 Å². The first kappa shape index (κ1) is 19.6. The summed E-state index contributed by atoms with van der Waals surface area (Å²) in [5.41, 5.74) is 4.48. The number of hydrogen-bond donors (Lipinski definition) is 0. The number of benzene rings is 2. The number of aryl methyl sites for hydroxylation is 1. The van der Waals surface area contributed by atoms with Crippen LogP contribution in [0.1, 0.15) is 38.9 Å². The van der Waals surface area contributed by atoms with E-state index in [9.17, 15) is 9.59 Å². The average molecular weight is 403 g/mol. The molecule has 0 atom stereocenters. The normalized spacial score (nSPS) is 11.7. The van der Waals surface area contributed by atoms with Crippen LogP contribution in [0.25, 0.3) is 22.4 Å². The van der Waals surface area contributed by atoms with Gasteiger partial charge in [0.05, 0.1) is 32.6 Å². The number of ketones is 2. The van der Waals surface area contributed by atoms with Crippen molar-refractivity contribution in [3.05, 3.63) is 58.8 Å². The Bertz CT molecular complexity index is 1190. The van der Waals surface area contributed by atoms with Crippen molar-refractivity contribution in [2.45, 2.75) is 13.8 Å². The molecule has 6 nitrogen and oxygen atoms in total. The molecule has 0 spiro atoms. The van der Waals surface area contributed by atoms with Gasteiger partial charge in [0.15, 0.2) is 23.1 Å². The number of methoxy groups -OCH3 is 3. The zero-order chi connectivity index (χ0) is 21.6. The lowest BCUT2D eigenvalue weighted by Crippen LogP contribution is -2.09. The number of rotatable bonds is 5. The number of hydrogen-bond acceptors (Lipinski definition) is 6. The van der Waals surface area contributed by atoms with E-state index in [2.05, 4.69) is 4.98 Å². The van der Waals surface area contributed by atoms with Crippen LogP contribution in [0.15, 0.2) is 36.4 Å². The maximum absolute atomic E-state index is 13.4. The zero-order valence-electron chi connectivity index (χ0n) is 17.5. The lowest BCUT2D eigenvalue weighted by Gasteiger charge is -2.18.